The van der Waals surface area contributed by atoms with Gasteiger partial charge in [-0.15, -0.1) is 0 Å². The maximum absolute atomic E-state index is 14.0. The van der Waals surface area contributed by atoms with Crippen LogP contribution in [0.4, 0.5) is 21.7 Å². The molecule has 0 bridgehead atoms. The summed E-state index contributed by atoms with van der Waals surface area (Å²) in [4.78, 5) is 12.0. The van der Waals surface area contributed by atoms with Crippen LogP contribution in [0.15, 0.2) is 18.3 Å². The molecule has 0 amide bonds. The first-order valence-corrected chi connectivity index (χ1v) is 7.43. The Morgan fingerprint density at radius 3 is 2.92 bits per heavy atom. The molecule has 24 heavy (non-hydrogen) atoms. The normalized spacial score (nSPS) is 13.2. The van der Waals surface area contributed by atoms with Crippen molar-refractivity contribution in [1.82, 2.24) is 15.0 Å². The first-order chi connectivity index (χ1) is 11.5. The second-order valence-corrected chi connectivity index (χ2v) is 5.58. The van der Waals surface area contributed by atoms with Gasteiger partial charge in [0.15, 0.2) is 0 Å². The van der Waals surface area contributed by atoms with Gasteiger partial charge in [-0.1, -0.05) is 0 Å². The Morgan fingerprint density at radius 2 is 2.08 bits per heavy atom. The van der Waals surface area contributed by atoms with Crippen molar-refractivity contribution >= 4 is 28.2 Å². The van der Waals surface area contributed by atoms with Crippen LogP contribution < -0.4 is 21.5 Å². The van der Waals surface area contributed by atoms with Crippen molar-refractivity contribution in [3.8, 4) is 17.0 Å². The summed E-state index contributed by atoms with van der Waals surface area (Å²) >= 11 is 0. The zero-order valence-corrected chi connectivity index (χ0v) is 12.9. The highest BCUT2D eigenvalue weighted by Crippen LogP contribution is 2.37. The van der Waals surface area contributed by atoms with Crippen LogP contribution in [-0.2, 0) is 0 Å². The average molecular weight is 326 g/mol. The van der Waals surface area contributed by atoms with Gasteiger partial charge >= 0.3 is 0 Å². The topological polar surface area (TPSA) is 112 Å². The maximum atomic E-state index is 14.0. The van der Waals surface area contributed by atoms with E-state index >= 15 is 0 Å². The molecule has 5 N–H and O–H groups in total. The Labute approximate surface area is 136 Å². The summed E-state index contributed by atoms with van der Waals surface area (Å²) in [6.07, 6.45) is 1.71. The molecule has 3 aromatic rings. The van der Waals surface area contributed by atoms with Crippen LogP contribution in [0.1, 0.15) is 5.56 Å². The fourth-order valence-corrected chi connectivity index (χ4v) is 2.93. The molecule has 2 aromatic heterocycles. The van der Waals surface area contributed by atoms with Crippen molar-refractivity contribution in [2.24, 2.45) is 0 Å². The Bertz CT molecular complexity index is 975. The van der Waals surface area contributed by atoms with Crippen molar-refractivity contribution in [2.45, 2.75) is 6.92 Å². The minimum atomic E-state index is -0.725. The molecule has 0 saturated heterocycles. The van der Waals surface area contributed by atoms with Crippen LogP contribution in [0.3, 0.4) is 0 Å². The molecule has 3 heterocycles. The second-order valence-electron chi connectivity index (χ2n) is 5.58. The van der Waals surface area contributed by atoms with E-state index in [1.165, 1.54) is 0 Å². The Balaban J connectivity index is 1.94. The summed E-state index contributed by atoms with van der Waals surface area (Å²) < 4.78 is 19.5. The van der Waals surface area contributed by atoms with Gasteiger partial charge in [-0.25, -0.2) is 9.97 Å². The fourth-order valence-electron chi connectivity index (χ4n) is 2.93. The number of rotatable bonds is 1. The molecule has 0 saturated carbocycles. The maximum Gasteiger partial charge on any atom is 0.237 e. The monoisotopic (exact) mass is 326 g/mol. The zero-order valence-electron chi connectivity index (χ0n) is 12.9. The minimum Gasteiger partial charge on any atom is -0.474 e. The van der Waals surface area contributed by atoms with E-state index in [1.54, 1.807) is 18.3 Å². The van der Waals surface area contributed by atoms with E-state index < -0.39 is 5.95 Å². The summed E-state index contributed by atoms with van der Waals surface area (Å²) in [7, 11) is 0. The molecule has 0 atom stereocenters. The number of nitrogen functional groups attached to an aromatic ring is 2. The molecule has 0 unspecified atom stereocenters. The first-order valence-electron chi connectivity index (χ1n) is 7.43. The number of benzene rings is 1. The van der Waals surface area contributed by atoms with Crippen LogP contribution in [0, 0.1) is 12.9 Å². The summed E-state index contributed by atoms with van der Waals surface area (Å²) in [6.45, 7) is 3.26. The fraction of sp³-hybridized carbons (Fsp3) is 0.188. The average Bonchev–Trinajstić information content (AvgIpc) is 2.54. The highest BCUT2D eigenvalue weighted by Gasteiger charge is 2.18. The molecular weight excluding hydrogens is 311 g/mol. The lowest BCUT2D eigenvalue weighted by atomic mass is 9.99. The molecule has 0 spiro atoms. The summed E-state index contributed by atoms with van der Waals surface area (Å²) in [6, 6.07) is 3.41. The number of nitrogens with two attached hydrogens (primary N) is 2. The minimum absolute atomic E-state index is 0.132. The third-order valence-corrected chi connectivity index (χ3v) is 4.06. The van der Waals surface area contributed by atoms with E-state index in [1.807, 2.05) is 6.92 Å². The van der Waals surface area contributed by atoms with Crippen molar-refractivity contribution < 1.29 is 9.13 Å². The number of fused-ring (bicyclic) bond motifs is 2. The predicted molar refractivity (Wildman–Crippen MR) is 90.3 cm³/mol. The Kier molecular flexibility index (Phi) is 3.12. The first kappa shape index (κ1) is 14.4. The number of pyridine rings is 1. The second kappa shape index (κ2) is 5.19. The number of nitrogens with one attached hydrogen (secondary N) is 1. The molecule has 1 aliphatic rings. The SMILES string of the molecule is Cc1c(-c2cc(N)c3c(F)nc(N)nc3c2)cnc2c1NCCO2. The molecule has 8 heteroatoms. The molecular formula is C16H15FN6O. The largest absolute Gasteiger partial charge is 0.474 e. The van der Waals surface area contributed by atoms with E-state index in [-0.39, 0.29) is 17.0 Å². The lowest BCUT2D eigenvalue weighted by Gasteiger charge is -2.21. The molecule has 1 aromatic carbocycles. The summed E-state index contributed by atoms with van der Waals surface area (Å²) in [5, 5.41) is 3.45. The van der Waals surface area contributed by atoms with Gasteiger partial charge in [0.1, 0.15) is 12.3 Å². The molecule has 4 rings (SSSR count). The van der Waals surface area contributed by atoms with Crippen LogP contribution in [-0.4, -0.2) is 28.1 Å². The highest BCUT2D eigenvalue weighted by molar-refractivity contribution is 5.95. The zero-order chi connectivity index (χ0) is 16.8. The molecule has 7 nitrogen and oxygen atoms in total. The highest BCUT2D eigenvalue weighted by atomic mass is 19.1. The number of hydrogen-bond donors (Lipinski definition) is 3. The lowest BCUT2D eigenvalue weighted by molar-refractivity contribution is 0.310. The Morgan fingerprint density at radius 1 is 1.25 bits per heavy atom. The van der Waals surface area contributed by atoms with Gasteiger partial charge in [0.25, 0.3) is 0 Å². The Hall–Kier alpha value is -3.16. The van der Waals surface area contributed by atoms with Crippen LogP contribution in [0.5, 0.6) is 5.88 Å². The van der Waals surface area contributed by atoms with Crippen molar-refractivity contribution in [1.29, 1.82) is 0 Å². The number of ether oxygens (including phenoxy) is 1. The van der Waals surface area contributed by atoms with E-state index in [4.69, 9.17) is 16.2 Å². The summed E-state index contributed by atoms with van der Waals surface area (Å²) in [5.74, 6) is -0.280. The number of halogens is 1. The van der Waals surface area contributed by atoms with Gasteiger partial charge in [0.05, 0.1) is 10.9 Å². The standard InChI is InChI=1S/C16H15FN6O/c1-7-9(6-21-15-13(7)20-2-3-24-15)8-4-10(18)12-11(5-8)22-16(19)23-14(12)17/h4-6,20H,2-3,18H2,1H3,(H2,19,22,23). The molecule has 0 radical (unpaired) electrons. The molecule has 0 fully saturated rings. The molecule has 0 aliphatic carbocycles. The van der Waals surface area contributed by atoms with E-state index in [0.717, 1.165) is 22.4 Å². The third-order valence-electron chi connectivity index (χ3n) is 4.06. The number of nitrogens with zero attached hydrogens (tertiary/aromatic N) is 3. The number of hydrogen-bond acceptors (Lipinski definition) is 7. The van der Waals surface area contributed by atoms with Gasteiger partial charge < -0.3 is 21.5 Å². The van der Waals surface area contributed by atoms with Crippen LogP contribution in [0.2, 0.25) is 0 Å². The van der Waals surface area contributed by atoms with Crippen LogP contribution in [0.25, 0.3) is 22.0 Å². The lowest BCUT2D eigenvalue weighted by Crippen LogP contribution is -2.20. The van der Waals surface area contributed by atoms with Crippen molar-refractivity contribution in [2.75, 3.05) is 29.9 Å². The van der Waals surface area contributed by atoms with Crippen molar-refractivity contribution in [3.63, 3.8) is 0 Å². The van der Waals surface area contributed by atoms with Gasteiger partial charge in [-0.3, -0.25) is 0 Å². The number of aromatic nitrogens is 3. The molecule has 122 valence electrons. The quantitative estimate of drug-likeness (QED) is 0.464. The van der Waals surface area contributed by atoms with E-state index in [9.17, 15) is 4.39 Å². The predicted octanol–water partition coefficient (Wildman–Crippen LogP) is 2.11. The van der Waals surface area contributed by atoms with Gasteiger partial charge in [0, 0.05) is 24.0 Å². The van der Waals surface area contributed by atoms with E-state index in [2.05, 4.69) is 20.3 Å². The van der Waals surface area contributed by atoms with Crippen LogP contribution >= 0.6 is 0 Å². The number of anilines is 3. The summed E-state index contributed by atoms with van der Waals surface area (Å²) in [5.41, 5.74) is 15.6. The molecule has 1 aliphatic heterocycles. The van der Waals surface area contributed by atoms with Gasteiger partial charge in [-0.05, 0) is 30.2 Å². The van der Waals surface area contributed by atoms with E-state index in [0.29, 0.717) is 24.5 Å². The van der Waals surface area contributed by atoms with Gasteiger partial charge in [0.2, 0.25) is 17.8 Å². The van der Waals surface area contributed by atoms with Crippen molar-refractivity contribution in [3.05, 3.63) is 29.8 Å². The van der Waals surface area contributed by atoms with Gasteiger partial charge in [-0.2, -0.15) is 9.37 Å². The third kappa shape index (κ3) is 2.15. The smallest absolute Gasteiger partial charge is 0.237 e.